The topological polar surface area (TPSA) is 9.72 Å². The maximum atomic E-state index is 2.84. The van der Waals surface area contributed by atoms with Crippen molar-refractivity contribution in [3.63, 3.8) is 0 Å². The van der Waals surface area contributed by atoms with Crippen molar-refractivity contribution >= 4 is 8.56 Å². The zero-order valence-corrected chi connectivity index (χ0v) is 14.2. The minimum absolute atomic E-state index is 1.19. The summed E-state index contributed by atoms with van der Waals surface area (Å²) in [5, 5.41) is 0. The predicted octanol–water partition coefficient (Wildman–Crippen LogP) is 2.72. The minimum Gasteiger partial charge on any atom is -0.300 e. The molecule has 0 spiro atoms. The van der Waals surface area contributed by atoms with Gasteiger partial charge in [-0.05, 0) is 58.7 Å². The Morgan fingerprint density at radius 3 is 1.50 bits per heavy atom. The minimum atomic E-state index is -1.61. The standard InChI is InChI=1S/C14H33N3Si/c1-6-15(7-2)18(5,16(8-3)9-4)17-13-11-10-12-14-17/h6-14H2,1-5H3. The molecule has 4 heteroatoms. The van der Waals surface area contributed by atoms with E-state index in [2.05, 4.69) is 47.9 Å². The summed E-state index contributed by atoms with van der Waals surface area (Å²) in [6.45, 7) is 19.2. The summed E-state index contributed by atoms with van der Waals surface area (Å²) in [5.74, 6) is 0. The van der Waals surface area contributed by atoms with Gasteiger partial charge in [0, 0.05) is 0 Å². The number of piperidine rings is 1. The Bertz CT molecular complexity index is 209. The molecular formula is C14H33N3Si. The van der Waals surface area contributed by atoms with Gasteiger partial charge in [0.15, 0.2) is 0 Å². The molecule has 0 aromatic carbocycles. The van der Waals surface area contributed by atoms with Gasteiger partial charge in [-0.3, -0.25) is 4.57 Å². The third kappa shape index (κ3) is 3.16. The smallest absolute Gasteiger partial charge is 0.286 e. The van der Waals surface area contributed by atoms with Crippen LogP contribution in [0.3, 0.4) is 0 Å². The maximum Gasteiger partial charge on any atom is 0.286 e. The first-order valence-corrected chi connectivity index (χ1v) is 10.2. The van der Waals surface area contributed by atoms with E-state index in [0.29, 0.717) is 0 Å². The van der Waals surface area contributed by atoms with Crippen LogP contribution >= 0.6 is 0 Å². The van der Waals surface area contributed by atoms with Gasteiger partial charge in [0.2, 0.25) is 0 Å². The second-order valence-corrected chi connectivity index (χ2v) is 9.20. The molecule has 0 saturated carbocycles. The Kier molecular flexibility index (Phi) is 6.85. The summed E-state index contributed by atoms with van der Waals surface area (Å²) >= 11 is 0. The van der Waals surface area contributed by atoms with Crippen LogP contribution in [0.5, 0.6) is 0 Å². The Hall–Kier alpha value is 0.0969. The predicted molar refractivity (Wildman–Crippen MR) is 82.9 cm³/mol. The van der Waals surface area contributed by atoms with Gasteiger partial charge >= 0.3 is 0 Å². The van der Waals surface area contributed by atoms with Gasteiger partial charge in [-0.2, -0.15) is 0 Å². The van der Waals surface area contributed by atoms with Crippen molar-refractivity contribution in [3.05, 3.63) is 0 Å². The zero-order chi connectivity index (χ0) is 13.6. The average Bonchev–Trinajstić information content (AvgIpc) is 2.42. The highest BCUT2D eigenvalue weighted by Gasteiger charge is 2.44. The van der Waals surface area contributed by atoms with Crippen LogP contribution in [0.25, 0.3) is 0 Å². The van der Waals surface area contributed by atoms with Gasteiger partial charge in [0.25, 0.3) is 8.56 Å². The largest absolute Gasteiger partial charge is 0.300 e. The first kappa shape index (κ1) is 16.2. The lowest BCUT2D eigenvalue weighted by atomic mass is 10.2. The number of hydrogen-bond donors (Lipinski definition) is 0. The highest BCUT2D eigenvalue weighted by molar-refractivity contribution is 6.70. The van der Waals surface area contributed by atoms with Crippen molar-refractivity contribution < 1.29 is 0 Å². The monoisotopic (exact) mass is 271 g/mol. The quantitative estimate of drug-likeness (QED) is 0.659. The highest BCUT2D eigenvalue weighted by Crippen LogP contribution is 2.24. The maximum absolute atomic E-state index is 2.84. The van der Waals surface area contributed by atoms with Gasteiger partial charge in [-0.25, -0.2) is 0 Å². The first-order chi connectivity index (χ1) is 8.64. The Labute approximate surface area is 115 Å². The molecule has 1 fully saturated rings. The van der Waals surface area contributed by atoms with Crippen LogP contribution in [0.4, 0.5) is 0 Å². The number of hydrogen-bond acceptors (Lipinski definition) is 3. The molecule has 0 amide bonds. The highest BCUT2D eigenvalue weighted by atomic mass is 28.4. The molecule has 0 radical (unpaired) electrons. The van der Waals surface area contributed by atoms with Crippen LogP contribution in [0, 0.1) is 0 Å². The van der Waals surface area contributed by atoms with Crippen LogP contribution in [-0.2, 0) is 0 Å². The Morgan fingerprint density at radius 1 is 0.778 bits per heavy atom. The molecule has 1 aliphatic rings. The van der Waals surface area contributed by atoms with Crippen LogP contribution in [0.2, 0.25) is 6.55 Å². The van der Waals surface area contributed by atoms with Gasteiger partial charge in [0.1, 0.15) is 0 Å². The van der Waals surface area contributed by atoms with Crippen molar-refractivity contribution in [2.24, 2.45) is 0 Å². The lowest BCUT2D eigenvalue weighted by Crippen LogP contribution is -2.74. The SMILES string of the molecule is CCN(CC)[Si](C)(N(CC)CC)N1CCCCC1. The molecule has 0 unspecified atom stereocenters. The lowest BCUT2D eigenvalue weighted by Gasteiger charge is -2.52. The fourth-order valence-electron chi connectivity index (χ4n) is 3.56. The van der Waals surface area contributed by atoms with E-state index in [9.17, 15) is 0 Å². The lowest BCUT2D eigenvalue weighted by molar-refractivity contribution is 0.234. The molecule has 0 bridgehead atoms. The van der Waals surface area contributed by atoms with E-state index < -0.39 is 8.56 Å². The van der Waals surface area contributed by atoms with Crippen LogP contribution in [0.15, 0.2) is 0 Å². The Balaban J connectivity index is 2.97. The van der Waals surface area contributed by atoms with Gasteiger partial charge < -0.3 is 9.13 Å². The van der Waals surface area contributed by atoms with E-state index in [-0.39, 0.29) is 0 Å². The molecule has 108 valence electrons. The second-order valence-electron chi connectivity index (χ2n) is 5.36. The molecule has 1 aliphatic heterocycles. The van der Waals surface area contributed by atoms with Crippen LogP contribution in [0.1, 0.15) is 47.0 Å². The summed E-state index contributed by atoms with van der Waals surface area (Å²) < 4.78 is 8.35. The van der Waals surface area contributed by atoms with E-state index in [1.54, 1.807) is 0 Å². The normalized spacial score (nSPS) is 18.8. The van der Waals surface area contributed by atoms with Gasteiger partial charge in [-0.15, -0.1) is 0 Å². The zero-order valence-electron chi connectivity index (χ0n) is 13.2. The average molecular weight is 272 g/mol. The second kappa shape index (κ2) is 7.63. The molecule has 0 aromatic heterocycles. The van der Waals surface area contributed by atoms with Crippen molar-refractivity contribution in [3.8, 4) is 0 Å². The number of nitrogens with zero attached hydrogens (tertiary/aromatic N) is 3. The van der Waals surface area contributed by atoms with Crippen molar-refractivity contribution in [2.75, 3.05) is 39.3 Å². The van der Waals surface area contributed by atoms with Crippen LogP contribution < -0.4 is 0 Å². The van der Waals surface area contributed by atoms with E-state index in [1.165, 1.54) is 58.5 Å². The fraction of sp³-hybridized carbons (Fsp3) is 1.00. The molecule has 1 heterocycles. The van der Waals surface area contributed by atoms with E-state index >= 15 is 0 Å². The van der Waals surface area contributed by atoms with Crippen molar-refractivity contribution in [2.45, 2.75) is 53.5 Å². The molecular weight excluding hydrogens is 238 g/mol. The Morgan fingerprint density at radius 2 is 1.17 bits per heavy atom. The van der Waals surface area contributed by atoms with Crippen molar-refractivity contribution in [1.82, 2.24) is 13.7 Å². The summed E-state index contributed by atoms with van der Waals surface area (Å²) in [5.41, 5.74) is 0. The van der Waals surface area contributed by atoms with Gasteiger partial charge in [-0.1, -0.05) is 34.1 Å². The molecule has 3 nitrogen and oxygen atoms in total. The molecule has 0 aliphatic carbocycles. The van der Waals surface area contributed by atoms with Crippen molar-refractivity contribution in [1.29, 1.82) is 0 Å². The molecule has 1 rings (SSSR count). The molecule has 0 N–H and O–H groups in total. The summed E-state index contributed by atoms with van der Waals surface area (Å²) in [6, 6.07) is 0. The van der Waals surface area contributed by atoms with E-state index in [1.807, 2.05) is 0 Å². The first-order valence-electron chi connectivity index (χ1n) is 7.90. The molecule has 0 atom stereocenters. The fourth-order valence-corrected chi connectivity index (χ4v) is 8.32. The molecule has 0 aromatic rings. The van der Waals surface area contributed by atoms with E-state index in [0.717, 1.165) is 0 Å². The molecule has 1 saturated heterocycles. The summed E-state index contributed by atoms with van der Waals surface area (Å²) in [6.07, 6.45) is 4.22. The molecule has 18 heavy (non-hydrogen) atoms. The number of rotatable bonds is 7. The summed E-state index contributed by atoms with van der Waals surface area (Å²) in [7, 11) is -1.61. The van der Waals surface area contributed by atoms with E-state index in [4.69, 9.17) is 0 Å². The third-order valence-corrected chi connectivity index (χ3v) is 9.99. The summed E-state index contributed by atoms with van der Waals surface area (Å²) in [4.78, 5) is 0. The third-order valence-electron chi connectivity index (χ3n) is 4.68. The van der Waals surface area contributed by atoms with Gasteiger partial charge in [0.05, 0.1) is 0 Å². The van der Waals surface area contributed by atoms with Crippen LogP contribution in [-0.4, -0.2) is 61.5 Å².